The number of hydrogen-bond donors (Lipinski definition) is 4. The number of nitrogens with one attached hydrogen (secondary N) is 1. The van der Waals surface area contributed by atoms with Crippen LogP contribution in [0.3, 0.4) is 0 Å². The second kappa shape index (κ2) is 7.58. The molecule has 0 aromatic heterocycles. The molecular weight excluding hydrogens is 349 g/mol. The van der Waals surface area contributed by atoms with Crippen molar-refractivity contribution in [2.24, 2.45) is 0 Å². The van der Waals surface area contributed by atoms with E-state index in [2.05, 4.69) is 5.32 Å². The van der Waals surface area contributed by atoms with Crippen molar-refractivity contribution >= 4 is 13.6 Å². The lowest BCUT2D eigenvalue weighted by Crippen LogP contribution is -2.17. The molecule has 0 saturated carbocycles. The Labute approximate surface area is 145 Å². The first-order valence-corrected chi connectivity index (χ1v) is 9.44. The zero-order valence-corrected chi connectivity index (χ0v) is 15.2. The number of methoxy groups -OCH3 is 1. The normalized spacial score (nSPS) is 14.4. The molecule has 1 aromatic rings. The number of ether oxygens (including phenoxy) is 2. The molecule has 0 fully saturated rings. The van der Waals surface area contributed by atoms with Gasteiger partial charge in [-0.1, -0.05) is 11.6 Å². The van der Waals surface area contributed by atoms with E-state index in [9.17, 15) is 14.5 Å². The molecular formula is C16H22NO7P. The van der Waals surface area contributed by atoms with Gasteiger partial charge in [0.1, 0.15) is 23.7 Å². The van der Waals surface area contributed by atoms with Crippen LogP contribution < -0.4 is 10.1 Å². The van der Waals surface area contributed by atoms with Gasteiger partial charge in [0.25, 0.3) is 0 Å². The lowest BCUT2D eigenvalue weighted by atomic mass is 9.95. The minimum Gasteiger partial charge on any atom is -0.507 e. The van der Waals surface area contributed by atoms with Gasteiger partial charge >= 0.3 is 13.6 Å². The van der Waals surface area contributed by atoms with E-state index >= 15 is 0 Å². The molecule has 0 unspecified atom stereocenters. The number of allylic oxidation sites excluding steroid dienone is 1. The molecule has 1 aliphatic rings. The summed E-state index contributed by atoms with van der Waals surface area (Å²) in [5, 5.41) is 13.1. The first-order valence-electron chi connectivity index (χ1n) is 7.65. The van der Waals surface area contributed by atoms with Crippen molar-refractivity contribution in [3.8, 4) is 11.5 Å². The van der Waals surface area contributed by atoms with Crippen LogP contribution in [0.4, 0.5) is 0 Å². The molecule has 0 radical (unpaired) electrons. The second-order valence-corrected chi connectivity index (χ2v) is 7.56. The topological polar surface area (TPSA) is 125 Å². The summed E-state index contributed by atoms with van der Waals surface area (Å²) >= 11 is 0. The number of phenolic OH excluding ortho intramolecular Hbond substituents is 1. The van der Waals surface area contributed by atoms with Crippen LogP contribution in [0, 0.1) is 6.92 Å². The number of aromatic hydroxyl groups is 1. The molecule has 0 amide bonds. The Hall–Kier alpha value is -1.86. The smallest absolute Gasteiger partial charge is 0.342 e. The summed E-state index contributed by atoms with van der Waals surface area (Å²) < 4.78 is 21.2. The monoisotopic (exact) mass is 371 g/mol. The highest BCUT2D eigenvalue weighted by Crippen LogP contribution is 2.42. The molecule has 9 heteroatoms. The van der Waals surface area contributed by atoms with Gasteiger partial charge in [0.05, 0.1) is 13.4 Å². The number of phenols is 1. The van der Waals surface area contributed by atoms with Gasteiger partial charge < -0.3 is 29.7 Å². The van der Waals surface area contributed by atoms with Crippen molar-refractivity contribution in [1.29, 1.82) is 0 Å². The molecule has 0 spiro atoms. The lowest BCUT2D eigenvalue weighted by Gasteiger charge is -2.15. The first kappa shape index (κ1) is 19.5. The van der Waals surface area contributed by atoms with E-state index in [-0.39, 0.29) is 17.9 Å². The van der Waals surface area contributed by atoms with Gasteiger partial charge in [-0.2, -0.15) is 0 Å². The molecule has 138 valence electrons. The maximum atomic E-state index is 11.8. The van der Waals surface area contributed by atoms with Crippen LogP contribution in [0.15, 0.2) is 11.6 Å². The van der Waals surface area contributed by atoms with Gasteiger partial charge in [-0.15, -0.1) is 0 Å². The van der Waals surface area contributed by atoms with Gasteiger partial charge in [0, 0.05) is 17.7 Å². The van der Waals surface area contributed by atoms with E-state index in [0.717, 1.165) is 11.1 Å². The fourth-order valence-corrected chi connectivity index (χ4v) is 3.18. The Kier molecular flexibility index (Phi) is 5.90. The SMILES string of the molecule is COc1c(C)c2c(c(O)c1C/C=C(\C)CNCP(=O)(O)O)C(=O)OC2. The predicted octanol–water partition coefficient (Wildman–Crippen LogP) is 1.59. The summed E-state index contributed by atoms with van der Waals surface area (Å²) in [4.78, 5) is 29.5. The fraction of sp³-hybridized carbons (Fsp3) is 0.438. The summed E-state index contributed by atoms with van der Waals surface area (Å²) in [6.45, 7) is 4.01. The molecule has 0 bridgehead atoms. The number of benzene rings is 1. The molecule has 2 rings (SSSR count). The van der Waals surface area contributed by atoms with Crippen LogP contribution >= 0.6 is 7.60 Å². The third kappa shape index (κ3) is 4.41. The minimum atomic E-state index is -4.09. The van der Waals surface area contributed by atoms with Gasteiger partial charge in [-0.05, 0) is 25.8 Å². The second-order valence-electron chi connectivity index (χ2n) is 5.92. The van der Waals surface area contributed by atoms with Crippen molar-refractivity contribution in [1.82, 2.24) is 5.32 Å². The zero-order valence-electron chi connectivity index (χ0n) is 14.3. The molecule has 1 aliphatic heterocycles. The summed E-state index contributed by atoms with van der Waals surface area (Å²) in [7, 11) is -2.60. The number of carbonyl (C=O) groups excluding carboxylic acids is 1. The van der Waals surface area contributed by atoms with E-state index in [4.69, 9.17) is 19.3 Å². The van der Waals surface area contributed by atoms with Crippen molar-refractivity contribution in [3.05, 3.63) is 33.9 Å². The summed E-state index contributed by atoms with van der Waals surface area (Å²) in [6.07, 6.45) is 1.70. The summed E-state index contributed by atoms with van der Waals surface area (Å²) in [5.74, 6) is -0.197. The van der Waals surface area contributed by atoms with E-state index in [1.807, 2.05) is 0 Å². The van der Waals surface area contributed by atoms with Crippen LogP contribution in [0.25, 0.3) is 0 Å². The molecule has 4 N–H and O–H groups in total. The number of esters is 1. The molecule has 0 saturated heterocycles. The lowest BCUT2D eigenvalue weighted by molar-refractivity contribution is 0.0533. The largest absolute Gasteiger partial charge is 0.507 e. The highest BCUT2D eigenvalue weighted by Gasteiger charge is 2.31. The van der Waals surface area contributed by atoms with Crippen molar-refractivity contribution in [3.63, 3.8) is 0 Å². The van der Waals surface area contributed by atoms with Crippen LogP contribution in [-0.2, 0) is 22.3 Å². The van der Waals surface area contributed by atoms with Gasteiger partial charge in [0.2, 0.25) is 0 Å². The molecule has 0 atom stereocenters. The molecule has 1 heterocycles. The summed E-state index contributed by atoms with van der Waals surface area (Å²) in [5.41, 5.74) is 2.87. The van der Waals surface area contributed by atoms with Gasteiger partial charge in [-0.3, -0.25) is 4.57 Å². The maximum absolute atomic E-state index is 11.8. The maximum Gasteiger partial charge on any atom is 0.342 e. The molecule has 0 aliphatic carbocycles. The molecule has 25 heavy (non-hydrogen) atoms. The minimum absolute atomic E-state index is 0.116. The number of carbonyl (C=O) groups is 1. The third-order valence-electron chi connectivity index (χ3n) is 4.02. The quantitative estimate of drug-likeness (QED) is 0.323. The van der Waals surface area contributed by atoms with E-state index < -0.39 is 19.9 Å². The number of hydrogen-bond acceptors (Lipinski definition) is 6. The van der Waals surface area contributed by atoms with E-state index in [1.165, 1.54) is 7.11 Å². The Morgan fingerprint density at radius 1 is 1.44 bits per heavy atom. The number of rotatable bonds is 7. The fourth-order valence-electron chi connectivity index (χ4n) is 2.78. The van der Waals surface area contributed by atoms with Crippen molar-refractivity contribution in [2.75, 3.05) is 19.9 Å². The highest BCUT2D eigenvalue weighted by molar-refractivity contribution is 7.51. The third-order valence-corrected chi connectivity index (χ3v) is 4.66. The number of cyclic esters (lactones) is 1. The van der Waals surface area contributed by atoms with E-state index in [0.29, 0.717) is 29.8 Å². The van der Waals surface area contributed by atoms with E-state index in [1.54, 1.807) is 19.9 Å². The van der Waals surface area contributed by atoms with Crippen LogP contribution in [0.5, 0.6) is 11.5 Å². The van der Waals surface area contributed by atoms with Crippen LogP contribution in [0.1, 0.15) is 34.0 Å². The Morgan fingerprint density at radius 3 is 2.72 bits per heavy atom. The van der Waals surface area contributed by atoms with Gasteiger partial charge in [0.15, 0.2) is 0 Å². The molecule has 8 nitrogen and oxygen atoms in total. The summed E-state index contributed by atoms with van der Waals surface area (Å²) in [6, 6.07) is 0. The van der Waals surface area contributed by atoms with Crippen molar-refractivity contribution < 1.29 is 33.7 Å². The first-order chi connectivity index (χ1) is 11.7. The average molecular weight is 371 g/mol. The average Bonchev–Trinajstić information content (AvgIpc) is 2.90. The van der Waals surface area contributed by atoms with Crippen LogP contribution in [-0.4, -0.2) is 40.8 Å². The Bertz CT molecular complexity index is 766. The van der Waals surface area contributed by atoms with Crippen molar-refractivity contribution in [2.45, 2.75) is 26.9 Å². The molecule has 1 aromatic carbocycles. The zero-order chi connectivity index (χ0) is 18.8. The van der Waals surface area contributed by atoms with Gasteiger partial charge in [-0.25, -0.2) is 4.79 Å². The number of fused-ring (bicyclic) bond motifs is 1. The standard InChI is InChI=1S/C16H22NO7P/c1-9(6-17-8-25(20,21)22)4-5-11-14(18)13-12(7-24-16(13)19)10(2)15(11)23-3/h4,17-18H,5-8H2,1-3H3,(H2,20,21,22)/b9-4+. The van der Waals surface area contributed by atoms with Crippen LogP contribution in [0.2, 0.25) is 0 Å². The Morgan fingerprint density at radius 2 is 2.12 bits per heavy atom. The predicted molar refractivity (Wildman–Crippen MR) is 90.9 cm³/mol. The Balaban J connectivity index is 2.23. The highest BCUT2D eigenvalue weighted by atomic mass is 31.2.